The van der Waals surface area contributed by atoms with E-state index < -0.39 is 5.91 Å². The second-order valence-electron chi connectivity index (χ2n) is 2.89. The topological polar surface area (TPSA) is 79.5 Å². The highest BCUT2D eigenvalue weighted by Crippen LogP contribution is 1.93. The van der Waals surface area contributed by atoms with Crippen LogP contribution in [0, 0.1) is 0 Å². The number of carbonyl (C=O) groups is 1. The summed E-state index contributed by atoms with van der Waals surface area (Å²) >= 11 is 0. The van der Waals surface area contributed by atoms with Gasteiger partial charge in [0.05, 0.1) is 0 Å². The van der Waals surface area contributed by atoms with Crippen LogP contribution in [0.3, 0.4) is 0 Å². The van der Waals surface area contributed by atoms with Crippen LogP contribution >= 0.6 is 0 Å². The highest BCUT2D eigenvalue weighted by molar-refractivity contribution is 5.91. The zero-order valence-electron chi connectivity index (χ0n) is 8.76. The van der Waals surface area contributed by atoms with Crippen molar-refractivity contribution in [3.05, 3.63) is 48.5 Å². The van der Waals surface area contributed by atoms with E-state index >= 15 is 0 Å². The largest absolute Gasteiger partial charge is 0.372 e. The third-order valence-electron chi connectivity index (χ3n) is 1.67. The Bertz CT molecular complexity index is 365. The first kappa shape index (κ1) is 11.8. The molecule has 0 unspecified atom stereocenters. The smallest absolute Gasteiger partial charge is 0.265 e. The predicted molar refractivity (Wildman–Crippen MR) is 64.3 cm³/mol. The Hall–Kier alpha value is -2.30. The van der Waals surface area contributed by atoms with E-state index in [-0.39, 0.29) is 0 Å². The number of allylic oxidation sites excluding steroid dienone is 5. The minimum absolute atomic E-state index is 0.407. The summed E-state index contributed by atoms with van der Waals surface area (Å²) in [5, 5.41) is 5.63. The van der Waals surface area contributed by atoms with Crippen molar-refractivity contribution in [2.45, 2.75) is 0 Å². The number of nitrogens with zero attached hydrogens (tertiary/aromatic N) is 1. The molecule has 0 spiro atoms. The van der Waals surface area contributed by atoms with Gasteiger partial charge in [0.25, 0.3) is 5.91 Å². The van der Waals surface area contributed by atoms with E-state index in [9.17, 15) is 4.79 Å². The van der Waals surface area contributed by atoms with Crippen molar-refractivity contribution in [3.8, 4) is 0 Å². The molecule has 0 atom stereocenters. The molecule has 2 aliphatic rings. The quantitative estimate of drug-likeness (QED) is 0.586. The molecule has 0 saturated carbocycles. The van der Waals surface area contributed by atoms with Crippen molar-refractivity contribution in [2.75, 3.05) is 6.67 Å². The SMILES string of the molecule is C1=CNCN=C1.NC(=O)C1=CC=CC=CN1. The average Bonchev–Trinajstić information content (AvgIpc) is 2.61. The fourth-order valence-corrected chi connectivity index (χ4v) is 0.941. The van der Waals surface area contributed by atoms with Gasteiger partial charge in [-0.15, -0.1) is 0 Å². The number of amides is 1. The molecule has 0 saturated heterocycles. The Morgan fingerprint density at radius 1 is 1.25 bits per heavy atom. The maximum Gasteiger partial charge on any atom is 0.265 e. The average molecular weight is 218 g/mol. The van der Waals surface area contributed by atoms with Crippen LogP contribution in [0.5, 0.6) is 0 Å². The van der Waals surface area contributed by atoms with Crippen molar-refractivity contribution >= 4 is 12.1 Å². The highest BCUT2D eigenvalue weighted by Gasteiger charge is 1.99. The first-order valence-corrected chi connectivity index (χ1v) is 4.79. The van der Waals surface area contributed by atoms with Gasteiger partial charge in [-0.2, -0.15) is 0 Å². The number of aliphatic imine (C=N–C) groups is 1. The van der Waals surface area contributed by atoms with E-state index in [0.29, 0.717) is 5.70 Å². The molecule has 84 valence electrons. The van der Waals surface area contributed by atoms with Crippen molar-refractivity contribution < 1.29 is 4.79 Å². The number of carbonyl (C=O) groups excluding carboxylic acids is 1. The Balaban J connectivity index is 0.000000181. The summed E-state index contributed by atoms with van der Waals surface area (Å²) in [6, 6.07) is 0. The number of hydrogen-bond acceptors (Lipinski definition) is 4. The molecule has 0 fully saturated rings. The fraction of sp³-hybridized carbons (Fsp3) is 0.0909. The van der Waals surface area contributed by atoms with Crippen molar-refractivity contribution in [3.63, 3.8) is 0 Å². The van der Waals surface area contributed by atoms with E-state index in [2.05, 4.69) is 15.6 Å². The van der Waals surface area contributed by atoms with Crippen LogP contribution in [0.2, 0.25) is 0 Å². The van der Waals surface area contributed by atoms with Crippen molar-refractivity contribution in [1.29, 1.82) is 0 Å². The molecule has 0 aromatic heterocycles. The minimum atomic E-state index is -0.448. The van der Waals surface area contributed by atoms with Crippen LogP contribution < -0.4 is 16.4 Å². The van der Waals surface area contributed by atoms with E-state index in [1.165, 1.54) is 0 Å². The third kappa shape index (κ3) is 4.80. The van der Waals surface area contributed by atoms with Gasteiger partial charge in [0.1, 0.15) is 12.4 Å². The molecule has 2 heterocycles. The molecule has 16 heavy (non-hydrogen) atoms. The van der Waals surface area contributed by atoms with Crippen LogP contribution in [-0.4, -0.2) is 18.8 Å². The molecule has 0 bridgehead atoms. The second-order valence-corrected chi connectivity index (χ2v) is 2.89. The number of primary amides is 1. The lowest BCUT2D eigenvalue weighted by Crippen LogP contribution is -2.22. The Kier molecular flexibility index (Phi) is 5.19. The molecule has 0 aliphatic carbocycles. The van der Waals surface area contributed by atoms with Gasteiger partial charge in [0, 0.05) is 12.4 Å². The summed E-state index contributed by atoms with van der Waals surface area (Å²) in [5.74, 6) is -0.448. The lowest BCUT2D eigenvalue weighted by molar-refractivity contribution is -0.114. The molecule has 2 rings (SSSR count). The van der Waals surface area contributed by atoms with Gasteiger partial charge in [0.2, 0.25) is 0 Å². The summed E-state index contributed by atoms with van der Waals surface area (Å²) in [6.07, 6.45) is 14.1. The molecule has 4 N–H and O–H groups in total. The zero-order valence-corrected chi connectivity index (χ0v) is 8.76. The summed E-state index contributed by atoms with van der Waals surface area (Å²) < 4.78 is 0. The first-order chi connectivity index (χ1) is 7.80. The lowest BCUT2D eigenvalue weighted by atomic mass is 10.4. The van der Waals surface area contributed by atoms with Gasteiger partial charge in [-0.25, -0.2) is 0 Å². The van der Waals surface area contributed by atoms with Gasteiger partial charge >= 0.3 is 0 Å². The van der Waals surface area contributed by atoms with Crippen LogP contribution in [0.4, 0.5) is 0 Å². The molecule has 5 nitrogen and oxygen atoms in total. The molecular weight excluding hydrogens is 204 g/mol. The molecule has 5 heteroatoms. The maximum atomic E-state index is 10.5. The Morgan fingerprint density at radius 2 is 2.12 bits per heavy atom. The van der Waals surface area contributed by atoms with Gasteiger partial charge in [-0.3, -0.25) is 9.79 Å². The van der Waals surface area contributed by atoms with Crippen molar-refractivity contribution in [1.82, 2.24) is 10.6 Å². The normalized spacial score (nSPS) is 16.1. The molecule has 2 aliphatic heterocycles. The number of hydrogen-bond donors (Lipinski definition) is 3. The summed E-state index contributed by atoms with van der Waals surface area (Å²) in [5.41, 5.74) is 5.41. The van der Waals surface area contributed by atoms with Crippen LogP contribution in [0.15, 0.2) is 53.5 Å². The molecule has 1 amide bonds. The van der Waals surface area contributed by atoms with Gasteiger partial charge in [-0.1, -0.05) is 12.2 Å². The van der Waals surface area contributed by atoms with Crippen LogP contribution in [0.25, 0.3) is 0 Å². The van der Waals surface area contributed by atoms with E-state index in [1.54, 1.807) is 30.6 Å². The highest BCUT2D eigenvalue weighted by atomic mass is 16.1. The third-order valence-corrected chi connectivity index (χ3v) is 1.67. The Labute approximate surface area is 94.1 Å². The number of nitrogens with two attached hydrogens (primary N) is 1. The van der Waals surface area contributed by atoms with E-state index in [0.717, 1.165) is 6.67 Å². The van der Waals surface area contributed by atoms with E-state index in [4.69, 9.17) is 5.73 Å². The standard InChI is InChI=1S/C7H8N2O.C4H6N2/c8-7(10)6-4-2-1-3-5-9-6;1-2-5-4-6-3-1/h1-5,9H,(H2,8,10);1-3,5H,4H2. The fourth-order valence-electron chi connectivity index (χ4n) is 0.941. The monoisotopic (exact) mass is 218 g/mol. The molecule has 0 radical (unpaired) electrons. The minimum Gasteiger partial charge on any atom is -0.372 e. The molecular formula is C11H14N4O. The molecule has 0 aromatic carbocycles. The zero-order chi connectivity index (χ0) is 11.6. The Morgan fingerprint density at radius 3 is 2.62 bits per heavy atom. The first-order valence-electron chi connectivity index (χ1n) is 4.79. The summed E-state index contributed by atoms with van der Waals surface area (Å²) in [7, 11) is 0. The van der Waals surface area contributed by atoms with Crippen LogP contribution in [0.1, 0.15) is 0 Å². The number of nitrogens with one attached hydrogen (secondary N) is 2. The van der Waals surface area contributed by atoms with Crippen LogP contribution in [-0.2, 0) is 4.79 Å². The van der Waals surface area contributed by atoms with Gasteiger partial charge in [-0.05, 0) is 24.4 Å². The lowest BCUT2D eigenvalue weighted by Gasteiger charge is -1.97. The predicted octanol–water partition coefficient (Wildman–Crippen LogP) is 0.160. The molecule has 0 aromatic rings. The van der Waals surface area contributed by atoms with E-state index in [1.807, 2.05) is 18.4 Å². The van der Waals surface area contributed by atoms with Gasteiger partial charge in [0.15, 0.2) is 0 Å². The van der Waals surface area contributed by atoms with Crippen molar-refractivity contribution in [2.24, 2.45) is 10.7 Å². The van der Waals surface area contributed by atoms with Gasteiger partial charge < -0.3 is 16.4 Å². The number of rotatable bonds is 1. The maximum absolute atomic E-state index is 10.5. The summed E-state index contributed by atoms with van der Waals surface area (Å²) in [6.45, 7) is 0.733. The second kappa shape index (κ2) is 7.05. The summed E-state index contributed by atoms with van der Waals surface area (Å²) in [4.78, 5) is 14.4.